The number of para-hydroxylation sites is 1. The second kappa shape index (κ2) is 5.95. The van der Waals surface area contributed by atoms with Crippen LogP contribution in [0.15, 0.2) is 18.2 Å². The van der Waals surface area contributed by atoms with Gasteiger partial charge in [0.05, 0.1) is 4.92 Å². The molecule has 17 heavy (non-hydrogen) atoms. The molecule has 0 aromatic heterocycles. The van der Waals surface area contributed by atoms with Crippen molar-refractivity contribution >= 4 is 11.5 Å². The van der Waals surface area contributed by atoms with Crippen LogP contribution in [0.25, 0.3) is 0 Å². The molecular formula is C11H13NO5. The van der Waals surface area contributed by atoms with E-state index in [-0.39, 0.29) is 30.4 Å². The molecule has 0 aliphatic rings. The molecule has 1 aromatic rings. The quantitative estimate of drug-likeness (QED) is 0.555. The first-order valence-electron chi connectivity index (χ1n) is 4.93. The number of nitro benzene ring substituents is 1. The molecule has 0 N–H and O–H groups in total. The van der Waals surface area contributed by atoms with Gasteiger partial charge < -0.3 is 9.47 Å². The van der Waals surface area contributed by atoms with Gasteiger partial charge in [-0.2, -0.15) is 0 Å². The first-order valence-corrected chi connectivity index (χ1v) is 4.93. The third-order valence-corrected chi connectivity index (χ3v) is 2.07. The summed E-state index contributed by atoms with van der Waals surface area (Å²) in [6.45, 7) is 1.38. The summed E-state index contributed by atoms with van der Waals surface area (Å²) in [6.07, 6.45) is 0. The van der Waals surface area contributed by atoms with E-state index < -0.39 is 4.92 Å². The molecule has 0 bridgehead atoms. The van der Waals surface area contributed by atoms with Crippen molar-refractivity contribution in [1.29, 1.82) is 0 Å². The van der Waals surface area contributed by atoms with Gasteiger partial charge in [0.15, 0.2) is 11.5 Å². The Hall–Kier alpha value is -1.95. The van der Waals surface area contributed by atoms with Crippen molar-refractivity contribution < 1.29 is 19.2 Å². The van der Waals surface area contributed by atoms with E-state index in [1.165, 1.54) is 13.2 Å². The minimum Gasteiger partial charge on any atom is -0.479 e. The molecule has 0 aliphatic heterocycles. The molecule has 6 heteroatoms. The number of ketones is 1. The third-order valence-electron chi connectivity index (χ3n) is 2.07. The van der Waals surface area contributed by atoms with Crippen LogP contribution in [0.5, 0.6) is 5.75 Å². The minimum absolute atomic E-state index is 0.0698. The lowest BCUT2D eigenvalue weighted by atomic mass is 10.2. The molecule has 0 fully saturated rings. The number of aryl methyl sites for hydroxylation is 1. The van der Waals surface area contributed by atoms with E-state index in [0.29, 0.717) is 5.56 Å². The van der Waals surface area contributed by atoms with Crippen molar-refractivity contribution in [2.75, 3.05) is 20.3 Å². The highest BCUT2D eigenvalue weighted by atomic mass is 16.6. The highest BCUT2D eigenvalue weighted by Gasteiger charge is 2.17. The number of ether oxygens (including phenoxy) is 2. The topological polar surface area (TPSA) is 78.7 Å². The van der Waals surface area contributed by atoms with E-state index in [0.717, 1.165) is 0 Å². The Balaban J connectivity index is 2.82. The predicted octanol–water partition coefficient (Wildman–Crippen LogP) is 1.50. The zero-order valence-corrected chi connectivity index (χ0v) is 9.63. The van der Waals surface area contributed by atoms with Gasteiger partial charge >= 0.3 is 5.69 Å². The van der Waals surface area contributed by atoms with Crippen LogP contribution in [0.2, 0.25) is 0 Å². The molecule has 1 rings (SSSR count). The number of carbonyl (C=O) groups excluding carboxylic acids is 1. The zero-order chi connectivity index (χ0) is 12.8. The van der Waals surface area contributed by atoms with Crippen LogP contribution in [0.3, 0.4) is 0 Å². The average Bonchev–Trinajstić information content (AvgIpc) is 2.27. The van der Waals surface area contributed by atoms with Crippen molar-refractivity contribution in [1.82, 2.24) is 0 Å². The maximum atomic E-state index is 11.2. The van der Waals surface area contributed by atoms with E-state index in [2.05, 4.69) is 4.74 Å². The number of Topliss-reactive ketones (excluding diaryl/α,β-unsaturated/α-hetero) is 1. The summed E-state index contributed by atoms with van der Waals surface area (Å²) in [5, 5.41) is 10.8. The van der Waals surface area contributed by atoms with Gasteiger partial charge in [-0.25, -0.2) is 0 Å². The summed E-state index contributed by atoms with van der Waals surface area (Å²) in [5.74, 6) is -0.146. The van der Waals surface area contributed by atoms with E-state index >= 15 is 0 Å². The summed E-state index contributed by atoms with van der Waals surface area (Å²) in [4.78, 5) is 21.4. The summed E-state index contributed by atoms with van der Waals surface area (Å²) >= 11 is 0. The number of hydrogen-bond donors (Lipinski definition) is 0. The fourth-order valence-electron chi connectivity index (χ4n) is 1.32. The first kappa shape index (κ1) is 13.1. The van der Waals surface area contributed by atoms with Crippen molar-refractivity contribution in [3.05, 3.63) is 33.9 Å². The van der Waals surface area contributed by atoms with Crippen LogP contribution in [-0.4, -0.2) is 31.0 Å². The number of nitrogens with zero attached hydrogens (tertiary/aromatic N) is 1. The van der Waals surface area contributed by atoms with Crippen LogP contribution in [0.1, 0.15) is 5.56 Å². The molecule has 0 atom stereocenters. The maximum Gasteiger partial charge on any atom is 0.311 e. The maximum absolute atomic E-state index is 11.2. The predicted molar refractivity (Wildman–Crippen MR) is 60.2 cm³/mol. The van der Waals surface area contributed by atoms with E-state index in [1.54, 1.807) is 19.1 Å². The monoisotopic (exact) mass is 239 g/mol. The van der Waals surface area contributed by atoms with Gasteiger partial charge in [-0.3, -0.25) is 14.9 Å². The van der Waals surface area contributed by atoms with Crippen molar-refractivity contribution in [3.8, 4) is 5.75 Å². The summed E-state index contributed by atoms with van der Waals surface area (Å²) in [5.41, 5.74) is 0.472. The lowest BCUT2D eigenvalue weighted by Crippen LogP contribution is -2.17. The number of hydrogen-bond acceptors (Lipinski definition) is 5. The van der Waals surface area contributed by atoms with Gasteiger partial charge in [-0.05, 0) is 12.5 Å². The number of benzene rings is 1. The average molecular weight is 239 g/mol. The Morgan fingerprint density at radius 1 is 1.41 bits per heavy atom. The Labute approximate surface area is 98.3 Å². The molecule has 1 aromatic carbocycles. The number of methoxy groups -OCH3 is 1. The lowest BCUT2D eigenvalue weighted by Gasteiger charge is -2.08. The molecule has 0 aliphatic carbocycles. The summed E-state index contributed by atoms with van der Waals surface area (Å²) in [6, 6.07) is 4.59. The SMILES string of the molecule is COCC(=O)COc1c(C)cccc1[N+](=O)[O-]. The molecule has 0 saturated carbocycles. The van der Waals surface area contributed by atoms with Crippen molar-refractivity contribution in [3.63, 3.8) is 0 Å². The molecule has 92 valence electrons. The van der Waals surface area contributed by atoms with Crippen LogP contribution >= 0.6 is 0 Å². The Bertz CT molecular complexity index is 430. The highest BCUT2D eigenvalue weighted by Crippen LogP contribution is 2.30. The van der Waals surface area contributed by atoms with E-state index in [1.807, 2.05) is 0 Å². The normalized spacial score (nSPS) is 10.0. The second-order valence-corrected chi connectivity index (χ2v) is 3.44. The Morgan fingerprint density at radius 3 is 2.71 bits per heavy atom. The Kier molecular flexibility index (Phi) is 4.59. The molecule has 0 unspecified atom stereocenters. The van der Waals surface area contributed by atoms with Crippen LogP contribution in [0.4, 0.5) is 5.69 Å². The minimum atomic E-state index is -0.539. The molecule has 0 radical (unpaired) electrons. The summed E-state index contributed by atoms with van der Waals surface area (Å²) < 4.78 is 9.81. The molecule has 0 saturated heterocycles. The van der Waals surface area contributed by atoms with Gasteiger partial charge in [0.1, 0.15) is 13.2 Å². The van der Waals surface area contributed by atoms with Gasteiger partial charge in [-0.1, -0.05) is 12.1 Å². The van der Waals surface area contributed by atoms with E-state index in [9.17, 15) is 14.9 Å². The standard InChI is InChI=1S/C11H13NO5/c1-8-4-3-5-10(12(14)15)11(8)17-7-9(13)6-16-2/h3-5H,6-7H2,1-2H3. The number of nitro groups is 1. The lowest BCUT2D eigenvalue weighted by molar-refractivity contribution is -0.385. The van der Waals surface area contributed by atoms with Gasteiger partial charge in [0.25, 0.3) is 0 Å². The van der Waals surface area contributed by atoms with Crippen molar-refractivity contribution in [2.45, 2.75) is 6.92 Å². The molecular weight excluding hydrogens is 226 g/mol. The molecule has 6 nitrogen and oxygen atoms in total. The van der Waals surface area contributed by atoms with Gasteiger partial charge in [0.2, 0.25) is 0 Å². The van der Waals surface area contributed by atoms with E-state index in [4.69, 9.17) is 4.74 Å². The fourth-order valence-corrected chi connectivity index (χ4v) is 1.32. The fraction of sp³-hybridized carbons (Fsp3) is 0.364. The smallest absolute Gasteiger partial charge is 0.311 e. The third kappa shape index (κ3) is 3.53. The molecule has 0 spiro atoms. The number of rotatable bonds is 6. The van der Waals surface area contributed by atoms with Gasteiger partial charge in [-0.15, -0.1) is 0 Å². The summed E-state index contributed by atoms with van der Waals surface area (Å²) in [7, 11) is 1.40. The van der Waals surface area contributed by atoms with Crippen LogP contribution < -0.4 is 4.74 Å². The van der Waals surface area contributed by atoms with Crippen molar-refractivity contribution in [2.24, 2.45) is 0 Å². The molecule has 0 heterocycles. The van der Waals surface area contributed by atoms with Gasteiger partial charge in [0, 0.05) is 13.2 Å². The Morgan fingerprint density at radius 2 is 2.12 bits per heavy atom. The second-order valence-electron chi connectivity index (χ2n) is 3.44. The molecule has 0 amide bonds. The van der Waals surface area contributed by atoms with Crippen LogP contribution in [-0.2, 0) is 9.53 Å². The first-order chi connectivity index (χ1) is 8.06. The number of carbonyl (C=O) groups is 1. The highest BCUT2D eigenvalue weighted by molar-refractivity contribution is 5.81. The van der Waals surface area contributed by atoms with Crippen LogP contribution in [0, 0.1) is 17.0 Å². The largest absolute Gasteiger partial charge is 0.479 e. The zero-order valence-electron chi connectivity index (χ0n) is 9.63.